The molecule has 0 amide bonds. The molecule has 0 unspecified atom stereocenters. The summed E-state index contributed by atoms with van der Waals surface area (Å²) in [6, 6.07) is 42.2. The Hall–Kier alpha value is -4.87. The predicted molar refractivity (Wildman–Crippen MR) is 144 cm³/mol. The molecule has 162 valence electrons. The van der Waals surface area contributed by atoms with Crippen LogP contribution in [0, 0.1) is 11.3 Å². The fourth-order valence-electron chi connectivity index (χ4n) is 5.10. The Kier molecular flexibility index (Phi) is 4.24. The van der Waals surface area contributed by atoms with Gasteiger partial charge in [0, 0.05) is 10.8 Å². The summed E-state index contributed by atoms with van der Waals surface area (Å²) < 4.78 is 6.17. The van der Waals surface area contributed by atoms with Crippen molar-refractivity contribution in [3.63, 3.8) is 0 Å². The molecule has 1 aromatic heterocycles. The Balaban J connectivity index is 1.35. The maximum atomic E-state index is 9.23. The summed E-state index contributed by atoms with van der Waals surface area (Å²) in [4.78, 5) is 0. The average molecular weight is 446 g/mol. The summed E-state index contributed by atoms with van der Waals surface area (Å²) in [6.07, 6.45) is 0. The van der Waals surface area contributed by atoms with E-state index in [1.165, 1.54) is 38.1 Å². The topological polar surface area (TPSA) is 36.9 Å². The first-order valence-corrected chi connectivity index (χ1v) is 11.7. The zero-order valence-electron chi connectivity index (χ0n) is 18.8. The van der Waals surface area contributed by atoms with Crippen molar-refractivity contribution >= 4 is 43.5 Å². The van der Waals surface area contributed by atoms with Crippen molar-refractivity contribution in [2.75, 3.05) is 0 Å². The zero-order chi connectivity index (χ0) is 23.4. The first-order chi connectivity index (χ1) is 17.3. The van der Waals surface area contributed by atoms with Crippen molar-refractivity contribution in [3.8, 4) is 28.3 Å². The Morgan fingerprint density at radius 1 is 0.486 bits per heavy atom. The minimum absolute atomic E-state index is 0.674. The van der Waals surface area contributed by atoms with Gasteiger partial charge in [-0.3, -0.25) is 0 Å². The molecular formula is C33H19NO. The molecule has 0 aliphatic carbocycles. The Labute approximate surface area is 202 Å². The van der Waals surface area contributed by atoms with E-state index in [-0.39, 0.29) is 0 Å². The molecule has 2 heteroatoms. The molecule has 0 radical (unpaired) electrons. The molecule has 2 nitrogen and oxygen atoms in total. The largest absolute Gasteiger partial charge is 0.456 e. The first kappa shape index (κ1) is 19.6. The van der Waals surface area contributed by atoms with Crippen LogP contribution in [-0.4, -0.2) is 0 Å². The second-order valence-corrected chi connectivity index (χ2v) is 8.94. The first-order valence-electron chi connectivity index (χ1n) is 11.7. The molecule has 0 bridgehead atoms. The lowest BCUT2D eigenvalue weighted by molar-refractivity contribution is 0.669. The molecule has 6 aromatic carbocycles. The molecule has 0 aliphatic rings. The summed E-state index contributed by atoms with van der Waals surface area (Å²) in [7, 11) is 0. The standard InChI is InChI=1S/C33H19NO/c34-20-21-4-3-6-23(16-21)24-8-9-26-18-27(11-10-25(26)17-24)28-13-14-31-30(19-28)33-29-7-2-1-5-22(29)12-15-32(33)35-31/h1-19H. The monoisotopic (exact) mass is 445 g/mol. The van der Waals surface area contributed by atoms with Crippen LogP contribution in [-0.2, 0) is 0 Å². The number of furan rings is 1. The third-order valence-corrected chi connectivity index (χ3v) is 6.86. The number of benzene rings is 6. The van der Waals surface area contributed by atoms with Gasteiger partial charge in [0.2, 0.25) is 0 Å². The van der Waals surface area contributed by atoms with Gasteiger partial charge in [-0.05, 0) is 86.3 Å². The average Bonchev–Trinajstić information content (AvgIpc) is 3.31. The molecule has 0 fully saturated rings. The van der Waals surface area contributed by atoms with Crippen LogP contribution in [0.5, 0.6) is 0 Å². The summed E-state index contributed by atoms with van der Waals surface area (Å²) in [5.41, 5.74) is 7.01. The highest BCUT2D eigenvalue weighted by molar-refractivity contribution is 6.19. The quantitative estimate of drug-likeness (QED) is 0.266. The molecular weight excluding hydrogens is 426 g/mol. The lowest BCUT2D eigenvalue weighted by atomic mass is 9.96. The number of nitriles is 1. The van der Waals surface area contributed by atoms with E-state index in [9.17, 15) is 5.26 Å². The van der Waals surface area contributed by atoms with Gasteiger partial charge in [-0.2, -0.15) is 5.26 Å². The van der Waals surface area contributed by atoms with Crippen molar-refractivity contribution in [1.82, 2.24) is 0 Å². The zero-order valence-corrected chi connectivity index (χ0v) is 18.8. The summed E-state index contributed by atoms with van der Waals surface area (Å²) in [5.74, 6) is 0. The van der Waals surface area contributed by atoms with Crippen molar-refractivity contribution in [2.24, 2.45) is 0 Å². The van der Waals surface area contributed by atoms with Gasteiger partial charge >= 0.3 is 0 Å². The highest BCUT2D eigenvalue weighted by Crippen LogP contribution is 2.37. The van der Waals surface area contributed by atoms with Gasteiger partial charge in [0.1, 0.15) is 11.2 Å². The predicted octanol–water partition coefficient (Wildman–Crippen LogP) is 9.10. The van der Waals surface area contributed by atoms with E-state index >= 15 is 0 Å². The minimum atomic E-state index is 0.674. The minimum Gasteiger partial charge on any atom is -0.456 e. The van der Waals surface area contributed by atoms with Gasteiger partial charge in [0.25, 0.3) is 0 Å². The van der Waals surface area contributed by atoms with Gasteiger partial charge in [-0.1, -0.05) is 72.8 Å². The van der Waals surface area contributed by atoms with E-state index < -0.39 is 0 Å². The maximum absolute atomic E-state index is 9.23. The molecule has 1 heterocycles. The number of hydrogen-bond donors (Lipinski definition) is 0. The summed E-state index contributed by atoms with van der Waals surface area (Å²) >= 11 is 0. The van der Waals surface area contributed by atoms with Gasteiger partial charge < -0.3 is 4.42 Å². The number of nitrogens with zero attached hydrogens (tertiary/aromatic N) is 1. The molecule has 0 aliphatic heterocycles. The van der Waals surface area contributed by atoms with Gasteiger partial charge in [0.15, 0.2) is 0 Å². The van der Waals surface area contributed by atoms with Gasteiger partial charge in [0.05, 0.1) is 11.6 Å². The molecule has 35 heavy (non-hydrogen) atoms. The second kappa shape index (κ2) is 7.58. The molecule has 7 aromatic rings. The van der Waals surface area contributed by atoms with E-state index in [0.29, 0.717) is 5.56 Å². The number of rotatable bonds is 2. The van der Waals surface area contributed by atoms with Crippen LogP contribution >= 0.6 is 0 Å². The Morgan fingerprint density at radius 2 is 1.14 bits per heavy atom. The summed E-state index contributed by atoms with van der Waals surface area (Å²) in [5, 5.41) is 16.3. The highest BCUT2D eigenvalue weighted by atomic mass is 16.3. The van der Waals surface area contributed by atoms with Crippen molar-refractivity contribution in [2.45, 2.75) is 0 Å². The molecule has 0 saturated carbocycles. The molecule has 0 N–H and O–H groups in total. The smallest absolute Gasteiger partial charge is 0.136 e. The van der Waals surface area contributed by atoms with E-state index in [1.54, 1.807) is 0 Å². The molecule has 7 rings (SSSR count). The fourth-order valence-corrected chi connectivity index (χ4v) is 5.10. The lowest BCUT2D eigenvalue weighted by Crippen LogP contribution is -1.83. The van der Waals surface area contributed by atoms with Crippen molar-refractivity contribution < 1.29 is 4.42 Å². The third-order valence-electron chi connectivity index (χ3n) is 6.86. The second-order valence-electron chi connectivity index (χ2n) is 8.94. The maximum Gasteiger partial charge on any atom is 0.136 e. The van der Waals surface area contributed by atoms with Crippen LogP contribution in [0.25, 0.3) is 65.7 Å². The van der Waals surface area contributed by atoms with Gasteiger partial charge in [-0.15, -0.1) is 0 Å². The van der Waals surface area contributed by atoms with E-state index in [2.05, 4.69) is 97.1 Å². The number of fused-ring (bicyclic) bond motifs is 6. The van der Waals surface area contributed by atoms with E-state index in [4.69, 9.17) is 4.42 Å². The molecule has 0 spiro atoms. The van der Waals surface area contributed by atoms with Crippen molar-refractivity contribution in [1.29, 1.82) is 5.26 Å². The molecule has 0 saturated heterocycles. The van der Waals surface area contributed by atoms with Crippen LogP contribution in [0.15, 0.2) is 120 Å². The summed E-state index contributed by atoms with van der Waals surface area (Å²) in [6.45, 7) is 0. The SMILES string of the molecule is N#Cc1cccc(-c2ccc3cc(-c4ccc5oc6ccc7ccccc7c6c5c4)ccc3c2)c1. The van der Waals surface area contributed by atoms with Crippen LogP contribution in [0.1, 0.15) is 5.56 Å². The fraction of sp³-hybridized carbons (Fsp3) is 0. The Bertz CT molecular complexity index is 1970. The lowest BCUT2D eigenvalue weighted by Gasteiger charge is -2.08. The highest BCUT2D eigenvalue weighted by Gasteiger charge is 2.12. The van der Waals surface area contributed by atoms with Crippen LogP contribution in [0.4, 0.5) is 0 Å². The molecule has 0 atom stereocenters. The van der Waals surface area contributed by atoms with Crippen LogP contribution < -0.4 is 0 Å². The van der Waals surface area contributed by atoms with Crippen molar-refractivity contribution in [3.05, 3.63) is 121 Å². The number of hydrogen-bond acceptors (Lipinski definition) is 2. The van der Waals surface area contributed by atoms with E-state index in [1.807, 2.05) is 24.3 Å². The van der Waals surface area contributed by atoms with Crippen LogP contribution in [0.3, 0.4) is 0 Å². The Morgan fingerprint density at radius 3 is 1.94 bits per heavy atom. The van der Waals surface area contributed by atoms with E-state index in [0.717, 1.165) is 27.7 Å². The van der Waals surface area contributed by atoms with Crippen LogP contribution in [0.2, 0.25) is 0 Å². The third kappa shape index (κ3) is 3.18. The normalized spacial score (nSPS) is 11.4. The van der Waals surface area contributed by atoms with Gasteiger partial charge in [-0.25, -0.2) is 0 Å².